The highest BCUT2D eigenvalue weighted by Crippen LogP contribution is 2.30. The number of aliphatic hydroxyl groups is 1. The van der Waals surface area contributed by atoms with Crippen LogP contribution in [-0.2, 0) is 6.42 Å². The van der Waals surface area contributed by atoms with Crippen LogP contribution in [-0.4, -0.2) is 32.1 Å². The van der Waals surface area contributed by atoms with E-state index in [0.29, 0.717) is 16.7 Å². The summed E-state index contributed by atoms with van der Waals surface area (Å²) in [4.78, 5) is 16.4. The molecule has 3 aromatic rings. The predicted molar refractivity (Wildman–Crippen MR) is 101 cm³/mol. The van der Waals surface area contributed by atoms with Crippen molar-refractivity contribution in [3.63, 3.8) is 0 Å². The number of amides is 1. The summed E-state index contributed by atoms with van der Waals surface area (Å²) in [7, 11) is 0. The third-order valence-electron chi connectivity index (χ3n) is 4.40. The van der Waals surface area contributed by atoms with Crippen molar-refractivity contribution in [3.8, 4) is 11.3 Å². The van der Waals surface area contributed by atoms with E-state index in [0.717, 1.165) is 35.5 Å². The minimum absolute atomic E-state index is 0.218. The third-order valence-corrected chi connectivity index (χ3v) is 5.51. The zero-order chi connectivity index (χ0) is 18.8. The topological polar surface area (TPSA) is 101 Å². The molecule has 0 saturated heterocycles. The first-order valence-corrected chi connectivity index (χ1v) is 9.53. The third kappa shape index (κ3) is 4.01. The lowest BCUT2D eigenvalue weighted by molar-refractivity contribution is 0.0993. The zero-order valence-electron chi connectivity index (χ0n) is 14.7. The van der Waals surface area contributed by atoms with Gasteiger partial charge in [0.15, 0.2) is 11.5 Å². The number of carbonyl (C=O) groups excluding carboxylic acids is 1. The van der Waals surface area contributed by atoms with Crippen molar-refractivity contribution >= 4 is 23.0 Å². The van der Waals surface area contributed by atoms with Crippen molar-refractivity contribution in [2.45, 2.75) is 32.3 Å². The minimum Gasteiger partial charge on any atom is -0.386 e. The molecule has 4 rings (SSSR count). The van der Waals surface area contributed by atoms with Gasteiger partial charge in [0.1, 0.15) is 16.1 Å². The molecule has 8 heteroatoms. The molecule has 1 atom stereocenters. The second-order valence-electron chi connectivity index (χ2n) is 6.61. The Morgan fingerprint density at radius 3 is 2.81 bits per heavy atom. The summed E-state index contributed by atoms with van der Waals surface area (Å²) in [5.74, 6) is 0.584. The molecule has 2 aromatic heterocycles. The summed E-state index contributed by atoms with van der Waals surface area (Å²) in [6.45, 7) is 1.68. The number of rotatable bonds is 5. The molecular formula is C19H18N4O3S. The SMILES string of the molecule is C[C@H](O)c1nnc(CC2CC(=NC(=O)c3cc(-c4ccccc4)on3)C2)s1. The van der Waals surface area contributed by atoms with Crippen LogP contribution in [0.1, 0.15) is 46.4 Å². The maximum absolute atomic E-state index is 12.3. The number of benzene rings is 1. The van der Waals surface area contributed by atoms with Gasteiger partial charge in [-0.3, -0.25) is 4.79 Å². The van der Waals surface area contributed by atoms with Gasteiger partial charge in [0.25, 0.3) is 5.91 Å². The van der Waals surface area contributed by atoms with Gasteiger partial charge < -0.3 is 9.63 Å². The lowest BCUT2D eigenvalue weighted by Crippen LogP contribution is -2.26. The van der Waals surface area contributed by atoms with Crippen molar-refractivity contribution < 1.29 is 14.4 Å². The van der Waals surface area contributed by atoms with E-state index < -0.39 is 6.10 Å². The molecule has 0 aliphatic heterocycles. The van der Waals surface area contributed by atoms with Crippen LogP contribution in [0.3, 0.4) is 0 Å². The van der Waals surface area contributed by atoms with Crippen LogP contribution in [0.5, 0.6) is 0 Å². The number of aromatic nitrogens is 3. The molecule has 0 radical (unpaired) electrons. The Morgan fingerprint density at radius 2 is 2.11 bits per heavy atom. The van der Waals surface area contributed by atoms with Crippen molar-refractivity contribution in [1.29, 1.82) is 0 Å². The second-order valence-corrected chi connectivity index (χ2v) is 7.71. The molecule has 138 valence electrons. The number of aliphatic hydroxyl groups excluding tert-OH is 1. The maximum Gasteiger partial charge on any atom is 0.299 e. The largest absolute Gasteiger partial charge is 0.386 e. The van der Waals surface area contributed by atoms with Gasteiger partial charge in [0.2, 0.25) is 0 Å². The number of carbonyl (C=O) groups is 1. The van der Waals surface area contributed by atoms with Crippen LogP contribution in [0.2, 0.25) is 0 Å². The fourth-order valence-corrected chi connectivity index (χ4v) is 3.82. The van der Waals surface area contributed by atoms with Crippen LogP contribution >= 0.6 is 11.3 Å². The van der Waals surface area contributed by atoms with Crippen LogP contribution in [0, 0.1) is 5.92 Å². The summed E-state index contributed by atoms with van der Waals surface area (Å²) in [6, 6.07) is 11.1. The molecule has 1 aliphatic rings. The average molecular weight is 382 g/mol. The highest BCUT2D eigenvalue weighted by atomic mass is 32.1. The lowest BCUT2D eigenvalue weighted by atomic mass is 9.81. The van der Waals surface area contributed by atoms with E-state index in [4.69, 9.17) is 4.52 Å². The van der Waals surface area contributed by atoms with E-state index in [2.05, 4.69) is 20.3 Å². The van der Waals surface area contributed by atoms with E-state index in [1.807, 2.05) is 30.3 Å². The zero-order valence-corrected chi connectivity index (χ0v) is 15.5. The lowest BCUT2D eigenvalue weighted by Gasteiger charge is -2.26. The van der Waals surface area contributed by atoms with E-state index in [1.165, 1.54) is 11.3 Å². The fourth-order valence-electron chi connectivity index (χ4n) is 2.92. The summed E-state index contributed by atoms with van der Waals surface area (Å²) < 4.78 is 5.25. The summed E-state index contributed by atoms with van der Waals surface area (Å²) in [6.07, 6.45) is 1.73. The number of hydrogen-bond donors (Lipinski definition) is 1. The molecule has 1 N–H and O–H groups in total. The van der Waals surface area contributed by atoms with E-state index in [9.17, 15) is 9.90 Å². The van der Waals surface area contributed by atoms with Crippen LogP contribution in [0.4, 0.5) is 0 Å². The normalized spacial score (nSPS) is 17.4. The van der Waals surface area contributed by atoms with Gasteiger partial charge >= 0.3 is 0 Å². The quantitative estimate of drug-likeness (QED) is 0.725. The standard InChI is InChI=1S/C19H18N4O3S/c1-11(24)19-22-21-17(27-19)9-12-7-14(8-12)20-18(25)15-10-16(26-23-15)13-5-3-2-4-6-13/h2-6,10-12,24H,7-9H2,1H3/t11-,12?/m0/s1. The highest BCUT2D eigenvalue weighted by molar-refractivity contribution is 7.11. The molecule has 0 unspecified atom stereocenters. The minimum atomic E-state index is -0.587. The Hall–Kier alpha value is -2.71. The first-order valence-electron chi connectivity index (χ1n) is 8.71. The summed E-state index contributed by atoms with van der Waals surface area (Å²) >= 11 is 1.43. The molecule has 1 aromatic carbocycles. The average Bonchev–Trinajstić information content (AvgIpc) is 3.30. The molecule has 1 saturated carbocycles. The first-order chi connectivity index (χ1) is 13.1. The van der Waals surface area contributed by atoms with E-state index >= 15 is 0 Å². The summed E-state index contributed by atoms with van der Waals surface area (Å²) in [5, 5.41) is 23.0. The van der Waals surface area contributed by atoms with Crippen LogP contribution < -0.4 is 0 Å². The smallest absolute Gasteiger partial charge is 0.299 e. The van der Waals surface area contributed by atoms with Gasteiger partial charge in [0, 0.05) is 23.8 Å². The van der Waals surface area contributed by atoms with Gasteiger partial charge in [-0.25, -0.2) is 4.99 Å². The number of hydrogen-bond acceptors (Lipinski definition) is 7. The van der Waals surface area contributed by atoms with Gasteiger partial charge in [-0.2, -0.15) is 0 Å². The highest BCUT2D eigenvalue weighted by Gasteiger charge is 2.28. The first kappa shape index (κ1) is 17.7. The van der Waals surface area contributed by atoms with Crippen molar-refractivity contribution in [2.24, 2.45) is 10.9 Å². The van der Waals surface area contributed by atoms with Gasteiger partial charge in [-0.05, 0) is 25.7 Å². The molecular weight excluding hydrogens is 364 g/mol. The molecule has 0 spiro atoms. The molecule has 7 nitrogen and oxygen atoms in total. The summed E-state index contributed by atoms with van der Waals surface area (Å²) in [5.41, 5.74) is 1.96. The number of aliphatic imine (C=N–C) groups is 1. The molecule has 1 fully saturated rings. The van der Waals surface area contributed by atoms with Gasteiger partial charge in [0.05, 0.1) is 0 Å². The van der Waals surface area contributed by atoms with Crippen molar-refractivity contribution in [1.82, 2.24) is 15.4 Å². The maximum atomic E-state index is 12.3. The van der Waals surface area contributed by atoms with Crippen LogP contribution in [0.15, 0.2) is 45.9 Å². The molecule has 0 bridgehead atoms. The van der Waals surface area contributed by atoms with E-state index in [1.54, 1.807) is 13.0 Å². The molecule has 2 heterocycles. The second kappa shape index (κ2) is 7.50. The Balaban J connectivity index is 1.34. The molecule has 27 heavy (non-hydrogen) atoms. The molecule has 1 aliphatic carbocycles. The van der Waals surface area contributed by atoms with Gasteiger partial charge in [-0.15, -0.1) is 10.2 Å². The predicted octanol–water partition coefficient (Wildman–Crippen LogP) is 3.48. The van der Waals surface area contributed by atoms with Crippen LogP contribution in [0.25, 0.3) is 11.3 Å². The Bertz CT molecular complexity index is 970. The van der Waals surface area contributed by atoms with E-state index in [-0.39, 0.29) is 11.6 Å². The fraction of sp³-hybridized carbons (Fsp3) is 0.316. The Labute approximate surface area is 159 Å². The van der Waals surface area contributed by atoms with Crippen molar-refractivity contribution in [3.05, 3.63) is 52.1 Å². The Morgan fingerprint density at radius 1 is 1.33 bits per heavy atom. The number of nitrogens with zero attached hydrogens (tertiary/aromatic N) is 4. The van der Waals surface area contributed by atoms with Crippen molar-refractivity contribution in [2.75, 3.05) is 0 Å². The Kier molecular flexibility index (Phi) is 4.91. The molecule has 1 amide bonds. The van der Waals surface area contributed by atoms with Gasteiger partial charge in [-0.1, -0.05) is 46.8 Å². The monoisotopic (exact) mass is 382 g/mol.